The highest BCUT2D eigenvalue weighted by molar-refractivity contribution is 6.07. The molecule has 0 bridgehead atoms. The van der Waals surface area contributed by atoms with Crippen molar-refractivity contribution in [2.24, 2.45) is 0 Å². The Morgan fingerprint density at radius 1 is 1.00 bits per heavy atom. The van der Waals surface area contributed by atoms with Gasteiger partial charge < -0.3 is 20.3 Å². The van der Waals surface area contributed by atoms with Crippen molar-refractivity contribution in [1.29, 1.82) is 0 Å². The van der Waals surface area contributed by atoms with Gasteiger partial charge in [0.1, 0.15) is 5.75 Å². The lowest BCUT2D eigenvalue weighted by molar-refractivity contribution is 0.0989. The molecule has 1 aliphatic heterocycles. The third-order valence-electron chi connectivity index (χ3n) is 5.11. The molecule has 6 nitrogen and oxygen atoms in total. The second-order valence-corrected chi connectivity index (χ2v) is 7.07. The minimum absolute atomic E-state index is 0.0131. The fourth-order valence-corrected chi connectivity index (χ4v) is 3.54. The molecule has 0 aliphatic carbocycles. The van der Waals surface area contributed by atoms with Crippen molar-refractivity contribution in [2.45, 2.75) is 13.0 Å². The van der Waals surface area contributed by atoms with Gasteiger partial charge in [-0.3, -0.25) is 4.79 Å². The average molecular weight is 401 g/mol. The van der Waals surface area contributed by atoms with Crippen molar-refractivity contribution >= 4 is 23.3 Å². The van der Waals surface area contributed by atoms with E-state index in [-0.39, 0.29) is 11.9 Å². The number of carbonyl (C=O) groups is 2. The predicted octanol–water partition coefficient (Wildman–Crippen LogP) is 4.22. The first-order chi connectivity index (χ1) is 14.6. The van der Waals surface area contributed by atoms with Crippen LogP contribution < -0.4 is 20.3 Å². The molecular formula is C24H23N3O3. The molecule has 4 rings (SSSR count). The minimum atomic E-state index is -0.276. The first-order valence-electron chi connectivity index (χ1n) is 9.81. The molecule has 0 fully saturated rings. The smallest absolute Gasteiger partial charge is 0.319 e. The molecule has 0 aromatic heterocycles. The lowest BCUT2D eigenvalue weighted by Crippen LogP contribution is -2.29. The van der Waals surface area contributed by atoms with Gasteiger partial charge >= 0.3 is 6.03 Å². The van der Waals surface area contributed by atoms with Gasteiger partial charge in [0, 0.05) is 30.0 Å². The number of rotatable bonds is 5. The fourth-order valence-electron chi connectivity index (χ4n) is 3.54. The van der Waals surface area contributed by atoms with Crippen LogP contribution in [0.15, 0.2) is 72.8 Å². The maximum Gasteiger partial charge on any atom is 0.319 e. The van der Waals surface area contributed by atoms with Gasteiger partial charge in [0.15, 0.2) is 0 Å². The Morgan fingerprint density at radius 2 is 1.77 bits per heavy atom. The maximum atomic E-state index is 12.8. The molecule has 1 heterocycles. The number of nitrogens with one attached hydrogen (secondary N) is 2. The second-order valence-electron chi connectivity index (χ2n) is 7.07. The van der Waals surface area contributed by atoms with E-state index in [1.165, 1.54) is 0 Å². The lowest BCUT2D eigenvalue weighted by atomic mass is 10.1. The van der Waals surface area contributed by atoms with Crippen LogP contribution in [0.3, 0.4) is 0 Å². The predicted molar refractivity (Wildman–Crippen MR) is 117 cm³/mol. The number of carbonyl (C=O) groups excluding carboxylic acids is 2. The highest BCUT2D eigenvalue weighted by Crippen LogP contribution is 2.30. The van der Waals surface area contributed by atoms with Gasteiger partial charge in [0.05, 0.1) is 7.11 Å². The zero-order valence-corrected chi connectivity index (χ0v) is 16.7. The van der Waals surface area contributed by atoms with Crippen LogP contribution in [0.1, 0.15) is 21.5 Å². The molecule has 0 unspecified atom stereocenters. The summed E-state index contributed by atoms with van der Waals surface area (Å²) in [6.07, 6.45) is 0.805. The van der Waals surface area contributed by atoms with Crippen LogP contribution in [-0.4, -0.2) is 25.6 Å². The maximum absolute atomic E-state index is 12.8. The Kier molecular flexibility index (Phi) is 5.66. The van der Waals surface area contributed by atoms with Crippen LogP contribution in [0, 0.1) is 0 Å². The molecule has 1 aliphatic rings. The van der Waals surface area contributed by atoms with E-state index in [0.717, 1.165) is 29.0 Å². The normalized spacial score (nSPS) is 12.2. The van der Waals surface area contributed by atoms with Crippen LogP contribution in [0.5, 0.6) is 5.75 Å². The standard InChI is InChI=1S/C24H23N3O3/c1-30-21-10-8-20(9-11-21)26-24(29)25-16-17-7-12-22-19(15-17)13-14-27(22)23(28)18-5-3-2-4-6-18/h2-12,15H,13-14,16H2,1H3,(H2,25,26,29). The van der Waals surface area contributed by atoms with E-state index in [0.29, 0.717) is 24.3 Å². The molecule has 0 radical (unpaired) electrons. The van der Waals surface area contributed by atoms with Gasteiger partial charge in [0.2, 0.25) is 0 Å². The van der Waals surface area contributed by atoms with E-state index < -0.39 is 0 Å². The van der Waals surface area contributed by atoms with Crippen LogP contribution >= 0.6 is 0 Å². The van der Waals surface area contributed by atoms with E-state index >= 15 is 0 Å². The van der Waals surface area contributed by atoms with Gasteiger partial charge in [-0.25, -0.2) is 4.79 Å². The first-order valence-corrected chi connectivity index (χ1v) is 9.81. The fraction of sp³-hybridized carbons (Fsp3) is 0.167. The van der Waals surface area contributed by atoms with Crippen molar-refractivity contribution in [1.82, 2.24) is 5.32 Å². The number of hydrogen-bond donors (Lipinski definition) is 2. The van der Waals surface area contributed by atoms with E-state index in [1.54, 1.807) is 31.4 Å². The van der Waals surface area contributed by atoms with Crippen LogP contribution in [0.4, 0.5) is 16.2 Å². The number of amides is 3. The highest BCUT2D eigenvalue weighted by atomic mass is 16.5. The van der Waals surface area contributed by atoms with Gasteiger partial charge in [0.25, 0.3) is 5.91 Å². The van der Waals surface area contributed by atoms with Gasteiger partial charge in [-0.2, -0.15) is 0 Å². The number of anilines is 2. The highest BCUT2D eigenvalue weighted by Gasteiger charge is 2.25. The third kappa shape index (κ3) is 4.27. The zero-order chi connectivity index (χ0) is 20.9. The molecule has 30 heavy (non-hydrogen) atoms. The second kappa shape index (κ2) is 8.69. The Bertz CT molecular complexity index is 1050. The minimum Gasteiger partial charge on any atom is -0.497 e. The molecule has 3 aromatic rings. The zero-order valence-electron chi connectivity index (χ0n) is 16.7. The largest absolute Gasteiger partial charge is 0.497 e. The van der Waals surface area contributed by atoms with Crippen molar-refractivity contribution in [3.8, 4) is 5.75 Å². The number of methoxy groups -OCH3 is 1. The lowest BCUT2D eigenvalue weighted by Gasteiger charge is -2.17. The SMILES string of the molecule is COc1ccc(NC(=O)NCc2ccc3c(c2)CCN3C(=O)c2ccccc2)cc1. The average Bonchev–Trinajstić information content (AvgIpc) is 3.21. The summed E-state index contributed by atoms with van der Waals surface area (Å²) in [5, 5.41) is 5.66. The van der Waals surface area contributed by atoms with Gasteiger partial charge in [-0.05, 0) is 60.0 Å². The molecule has 0 spiro atoms. The molecule has 3 aromatic carbocycles. The van der Waals surface area contributed by atoms with E-state index in [1.807, 2.05) is 47.4 Å². The molecule has 0 saturated carbocycles. The Morgan fingerprint density at radius 3 is 2.50 bits per heavy atom. The number of hydrogen-bond acceptors (Lipinski definition) is 3. The van der Waals surface area contributed by atoms with Crippen molar-refractivity contribution < 1.29 is 14.3 Å². The number of nitrogens with zero attached hydrogens (tertiary/aromatic N) is 1. The van der Waals surface area contributed by atoms with Crippen LogP contribution in [0.25, 0.3) is 0 Å². The number of fused-ring (bicyclic) bond motifs is 1. The van der Waals surface area contributed by atoms with E-state index in [9.17, 15) is 9.59 Å². The number of ether oxygens (including phenoxy) is 1. The molecule has 2 N–H and O–H groups in total. The van der Waals surface area contributed by atoms with Crippen LogP contribution in [-0.2, 0) is 13.0 Å². The molecule has 6 heteroatoms. The number of benzene rings is 3. The van der Waals surface area contributed by atoms with Crippen LogP contribution in [0.2, 0.25) is 0 Å². The van der Waals surface area contributed by atoms with Crippen molar-refractivity contribution in [3.05, 3.63) is 89.5 Å². The first kappa shape index (κ1) is 19.5. The summed E-state index contributed by atoms with van der Waals surface area (Å²) in [7, 11) is 1.60. The van der Waals surface area contributed by atoms with E-state index in [2.05, 4.69) is 16.7 Å². The van der Waals surface area contributed by atoms with Gasteiger partial charge in [-0.15, -0.1) is 0 Å². The summed E-state index contributed by atoms with van der Waals surface area (Å²) in [6.45, 7) is 1.07. The summed E-state index contributed by atoms with van der Waals surface area (Å²) >= 11 is 0. The molecular weight excluding hydrogens is 378 g/mol. The number of urea groups is 1. The molecule has 0 saturated heterocycles. The molecule has 152 valence electrons. The van der Waals surface area contributed by atoms with E-state index in [4.69, 9.17) is 4.74 Å². The third-order valence-corrected chi connectivity index (χ3v) is 5.11. The Balaban J connectivity index is 1.36. The summed E-state index contributed by atoms with van der Waals surface area (Å²) in [5.74, 6) is 0.748. The van der Waals surface area contributed by atoms with Crippen molar-refractivity contribution in [3.63, 3.8) is 0 Å². The van der Waals surface area contributed by atoms with Crippen molar-refractivity contribution in [2.75, 3.05) is 23.9 Å². The summed E-state index contributed by atoms with van der Waals surface area (Å²) in [5.41, 5.74) is 4.43. The Hall–Kier alpha value is -3.80. The summed E-state index contributed by atoms with van der Waals surface area (Å²) < 4.78 is 5.11. The molecule has 3 amide bonds. The summed E-state index contributed by atoms with van der Waals surface area (Å²) in [4.78, 5) is 26.8. The topological polar surface area (TPSA) is 70.7 Å². The quantitative estimate of drug-likeness (QED) is 0.672. The molecule has 0 atom stereocenters. The van der Waals surface area contributed by atoms with Gasteiger partial charge in [-0.1, -0.05) is 30.3 Å². The summed E-state index contributed by atoms with van der Waals surface area (Å²) in [6, 6.07) is 22.1. The monoisotopic (exact) mass is 401 g/mol. The Labute approximate surface area is 175 Å².